The summed E-state index contributed by atoms with van der Waals surface area (Å²) in [4.78, 5) is 12.1. The highest BCUT2D eigenvalue weighted by Gasteiger charge is 2.19. The number of rotatable bonds is 5. The highest BCUT2D eigenvalue weighted by molar-refractivity contribution is 6.33. The molecule has 22 heavy (non-hydrogen) atoms. The van der Waals surface area contributed by atoms with Gasteiger partial charge in [-0.05, 0) is 17.7 Å². The van der Waals surface area contributed by atoms with Gasteiger partial charge >= 0.3 is 0 Å². The fourth-order valence-corrected chi connectivity index (χ4v) is 2.09. The second-order valence-corrected chi connectivity index (χ2v) is 4.80. The Kier molecular flexibility index (Phi) is 5.63. The van der Waals surface area contributed by atoms with Crippen molar-refractivity contribution in [3.05, 3.63) is 70.5 Å². The van der Waals surface area contributed by atoms with Gasteiger partial charge in [0.15, 0.2) is 6.10 Å². The second kappa shape index (κ2) is 7.68. The zero-order valence-corrected chi connectivity index (χ0v) is 12.5. The number of ether oxygens (including phenoxy) is 1. The lowest BCUT2D eigenvalue weighted by Crippen LogP contribution is -2.26. The van der Waals surface area contributed by atoms with E-state index in [1.54, 1.807) is 24.3 Å². The van der Waals surface area contributed by atoms with Gasteiger partial charge in [-0.2, -0.15) is 5.10 Å². The molecule has 0 saturated carbocycles. The quantitative estimate of drug-likeness (QED) is 0.678. The molecule has 2 rings (SSSR count). The minimum absolute atomic E-state index is 0.109. The molecule has 1 N–H and O–H groups in total. The van der Waals surface area contributed by atoms with Crippen LogP contribution in [0.25, 0.3) is 0 Å². The molecule has 0 unspecified atom stereocenters. The van der Waals surface area contributed by atoms with Crippen LogP contribution in [0.3, 0.4) is 0 Å². The number of hydrogen-bond donors (Lipinski definition) is 1. The third-order valence-electron chi connectivity index (χ3n) is 2.94. The number of halogens is 2. The number of hydrazone groups is 1. The van der Waals surface area contributed by atoms with Crippen molar-refractivity contribution in [2.75, 3.05) is 7.11 Å². The van der Waals surface area contributed by atoms with Gasteiger partial charge in [0, 0.05) is 12.7 Å². The molecule has 0 heterocycles. The van der Waals surface area contributed by atoms with Crippen LogP contribution in [-0.4, -0.2) is 19.2 Å². The summed E-state index contributed by atoms with van der Waals surface area (Å²) in [7, 11) is 1.43. The van der Waals surface area contributed by atoms with Crippen LogP contribution in [0.2, 0.25) is 5.02 Å². The normalized spacial score (nSPS) is 12.3. The van der Waals surface area contributed by atoms with Crippen molar-refractivity contribution in [3.8, 4) is 0 Å². The minimum Gasteiger partial charge on any atom is -0.367 e. The lowest BCUT2D eigenvalue weighted by atomic mass is 10.1. The second-order valence-electron chi connectivity index (χ2n) is 4.40. The lowest BCUT2D eigenvalue weighted by Gasteiger charge is -2.13. The van der Waals surface area contributed by atoms with E-state index < -0.39 is 17.8 Å². The fourth-order valence-electron chi connectivity index (χ4n) is 1.88. The molecule has 0 saturated heterocycles. The SMILES string of the molecule is CO[C@H](C(=O)N/N=C\c1c(F)cccc1Cl)c1ccccc1. The standard InChI is InChI=1S/C16H14ClFN2O2/c1-22-15(11-6-3-2-4-7-11)16(21)20-19-10-12-13(17)8-5-9-14(12)18/h2-10,15H,1H3,(H,20,21)/b19-10-/t15-/m0/s1. The number of hydrogen-bond acceptors (Lipinski definition) is 3. The molecule has 6 heteroatoms. The minimum atomic E-state index is -0.797. The van der Waals surface area contributed by atoms with Crippen LogP contribution in [0, 0.1) is 5.82 Å². The number of nitrogens with one attached hydrogen (secondary N) is 1. The first-order chi connectivity index (χ1) is 10.6. The first-order valence-corrected chi connectivity index (χ1v) is 6.86. The Morgan fingerprint density at radius 2 is 2.00 bits per heavy atom. The summed E-state index contributed by atoms with van der Waals surface area (Å²) in [5, 5.41) is 3.94. The predicted octanol–water partition coefficient (Wildman–Crippen LogP) is 3.32. The van der Waals surface area contributed by atoms with Crippen LogP contribution in [0.15, 0.2) is 53.6 Å². The van der Waals surface area contributed by atoms with E-state index in [1.165, 1.54) is 25.3 Å². The molecule has 1 atom stereocenters. The molecule has 1 amide bonds. The Morgan fingerprint density at radius 1 is 1.27 bits per heavy atom. The van der Waals surface area contributed by atoms with Gasteiger partial charge in [-0.1, -0.05) is 48.0 Å². The lowest BCUT2D eigenvalue weighted by molar-refractivity contribution is -0.131. The van der Waals surface area contributed by atoms with Gasteiger partial charge < -0.3 is 4.74 Å². The molecule has 0 aromatic heterocycles. The third kappa shape index (κ3) is 3.90. The van der Waals surface area contributed by atoms with Gasteiger partial charge in [-0.3, -0.25) is 4.79 Å². The number of nitrogens with zero attached hydrogens (tertiary/aromatic N) is 1. The maximum atomic E-state index is 13.6. The number of carbonyl (C=O) groups is 1. The Labute approximate surface area is 132 Å². The Balaban J connectivity index is 2.07. The van der Waals surface area contributed by atoms with Crippen molar-refractivity contribution >= 4 is 23.7 Å². The van der Waals surface area contributed by atoms with Crippen molar-refractivity contribution in [3.63, 3.8) is 0 Å². The van der Waals surface area contributed by atoms with Crippen molar-refractivity contribution in [2.24, 2.45) is 5.10 Å². The molecular weight excluding hydrogens is 307 g/mol. The highest BCUT2D eigenvalue weighted by atomic mass is 35.5. The van der Waals surface area contributed by atoms with Crippen LogP contribution in [0.1, 0.15) is 17.2 Å². The maximum Gasteiger partial charge on any atom is 0.273 e. The Morgan fingerprint density at radius 3 is 2.64 bits per heavy atom. The molecule has 0 aliphatic heterocycles. The van der Waals surface area contributed by atoms with Gasteiger partial charge in [0.05, 0.1) is 11.2 Å². The van der Waals surface area contributed by atoms with Gasteiger partial charge in [-0.25, -0.2) is 9.82 Å². The zero-order chi connectivity index (χ0) is 15.9. The maximum absolute atomic E-state index is 13.6. The summed E-state index contributed by atoms with van der Waals surface area (Å²) in [6.07, 6.45) is 0.363. The molecule has 0 fully saturated rings. The average molecular weight is 321 g/mol. The van der Waals surface area contributed by atoms with E-state index >= 15 is 0 Å². The smallest absolute Gasteiger partial charge is 0.273 e. The molecule has 2 aromatic carbocycles. The van der Waals surface area contributed by atoms with Gasteiger partial charge in [0.1, 0.15) is 5.82 Å². The monoisotopic (exact) mass is 320 g/mol. The van der Waals surface area contributed by atoms with Crippen molar-refractivity contribution in [1.82, 2.24) is 5.43 Å². The average Bonchev–Trinajstić information content (AvgIpc) is 2.52. The molecule has 2 aromatic rings. The van der Waals surface area contributed by atoms with E-state index in [0.29, 0.717) is 5.56 Å². The van der Waals surface area contributed by atoms with Crippen molar-refractivity contribution < 1.29 is 13.9 Å². The number of benzene rings is 2. The fraction of sp³-hybridized carbons (Fsp3) is 0.125. The molecule has 114 valence electrons. The Hall–Kier alpha value is -2.24. The van der Waals surface area contributed by atoms with Crippen LogP contribution in [0.5, 0.6) is 0 Å². The topological polar surface area (TPSA) is 50.7 Å². The largest absolute Gasteiger partial charge is 0.367 e. The van der Waals surface area contributed by atoms with Crippen molar-refractivity contribution in [2.45, 2.75) is 6.10 Å². The summed E-state index contributed by atoms with van der Waals surface area (Å²) < 4.78 is 18.7. The summed E-state index contributed by atoms with van der Waals surface area (Å²) in [5.41, 5.74) is 3.12. The van der Waals surface area contributed by atoms with Crippen molar-refractivity contribution in [1.29, 1.82) is 0 Å². The van der Waals surface area contributed by atoms with Gasteiger partial charge in [0.2, 0.25) is 0 Å². The Bertz CT molecular complexity index is 657. The summed E-state index contributed by atoms with van der Waals surface area (Å²) in [5.74, 6) is -0.978. The third-order valence-corrected chi connectivity index (χ3v) is 3.27. The van der Waals surface area contributed by atoms with Crippen LogP contribution >= 0.6 is 11.6 Å². The van der Waals surface area contributed by atoms with E-state index in [1.807, 2.05) is 6.07 Å². The zero-order valence-electron chi connectivity index (χ0n) is 11.8. The first-order valence-electron chi connectivity index (χ1n) is 6.48. The molecule has 0 aliphatic carbocycles. The summed E-state index contributed by atoms with van der Waals surface area (Å²) >= 11 is 5.86. The van der Waals surface area contributed by atoms with Crippen LogP contribution in [-0.2, 0) is 9.53 Å². The van der Waals surface area contributed by atoms with Gasteiger partial charge in [-0.15, -0.1) is 0 Å². The van der Waals surface area contributed by atoms with E-state index in [-0.39, 0.29) is 10.6 Å². The van der Waals surface area contributed by atoms with E-state index in [9.17, 15) is 9.18 Å². The molecule has 0 aliphatic rings. The van der Waals surface area contributed by atoms with Crippen LogP contribution in [0.4, 0.5) is 4.39 Å². The first kappa shape index (κ1) is 16.1. The van der Waals surface area contributed by atoms with Gasteiger partial charge in [0.25, 0.3) is 5.91 Å². The molecule has 0 spiro atoms. The molecule has 0 radical (unpaired) electrons. The predicted molar refractivity (Wildman–Crippen MR) is 83.3 cm³/mol. The van der Waals surface area contributed by atoms with E-state index in [4.69, 9.17) is 16.3 Å². The van der Waals surface area contributed by atoms with E-state index in [0.717, 1.165) is 6.21 Å². The molecular formula is C16H14ClFN2O2. The van der Waals surface area contributed by atoms with Crippen LogP contribution < -0.4 is 5.43 Å². The molecule has 0 bridgehead atoms. The number of amides is 1. The summed E-state index contributed by atoms with van der Waals surface area (Å²) in [6, 6.07) is 13.3. The highest BCUT2D eigenvalue weighted by Crippen LogP contribution is 2.17. The van der Waals surface area contributed by atoms with E-state index in [2.05, 4.69) is 10.5 Å². The number of methoxy groups -OCH3 is 1. The molecule has 4 nitrogen and oxygen atoms in total. The number of carbonyl (C=O) groups excluding carboxylic acids is 1. The summed E-state index contributed by atoms with van der Waals surface area (Å²) in [6.45, 7) is 0.